The molecular formula is C16H14ClFN2O3S. The maximum Gasteiger partial charge on any atom is 0.262 e. The van der Waals surface area contributed by atoms with Gasteiger partial charge < -0.3 is 15.8 Å². The fourth-order valence-electron chi connectivity index (χ4n) is 1.77. The molecule has 0 aliphatic rings. The second-order valence-corrected chi connectivity index (χ2v) is 6.09. The maximum atomic E-state index is 13.0. The van der Waals surface area contributed by atoms with Crippen molar-refractivity contribution in [3.05, 3.63) is 53.3 Å². The highest BCUT2D eigenvalue weighted by Gasteiger charge is 2.10. The summed E-state index contributed by atoms with van der Waals surface area (Å²) in [6.45, 7) is -0.291. The van der Waals surface area contributed by atoms with E-state index in [0.717, 1.165) is 6.07 Å². The van der Waals surface area contributed by atoms with Crippen LogP contribution in [0.15, 0.2) is 47.4 Å². The van der Waals surface area contributed by atoms with E-state index in [1.807, 2.05) is 0 Å². The van der Waals surface area contributed by atoms with E-state index in [4.69, 9.17) is 22.1 Å². The Morgan fingerprint density at radius 2 is 2.00 bits per heavy atom. The molecule has 0 bridgehead atoms. The van der Waals surface area contributed by atoms with E-state index in [-0.39, 0.29) is 23.1 Å². The second kappa shape index (κ2) is 8.56. The molecule has 0 spiro atoms. The van der Waals surface area contributed by atoms with Gasteiger partial charge in [0.25, 0.3) is 5.91 Å². The Morgan fingerprint density at radius 1 is 1.25 bits per heavy atom. The van der Waals surface area contributed by atoms with Crippen LogP contribution in [0.3, 0.4) is 0 Å². The summed E-state index contributed by atoms with van der Waals surface area (Å²) in [5.74, 6) is -1.03. The lowest BCUT2D eigenvalue weighted by Gasteiger charge is -2.11. The molecule has 2 aromatic rings. The van der Waals surface area contributed by atoms with Crippen LogP contribution in [-0.2, 0) is 9.59 Å². The van der Waals surface area contributed by atoms with Gasteiger partial charge in [-0.3, -0.25) is 9.59 Å². The molecule has 0 aliphatic heterocycles. The lowest BCUT2D eigenvalue weighted by atomic mass is 10.3. The van der Waals surface area contributed by atoms with Crippen molar-refractivity contribution in [2.75, 3.05) is 17.7 Å². The fourth-order valence-corrected chi connectivity index (χ4v) is 2.74. The molecule has 24 heavy (non-hydrogen) atoms. The van der Waals surface area contributed by atoms with Gasteiger partial charge in [0, 0.05) is 4.90 Å². The van der Waals surface area contributed by atoms with Crippen molar-refractivity contribution in [1.82, 2.24) is 0 Å². The molecule has 2 rings (SSSR count). The molecule has 0 unspecified atom stereocenters. The van der Waals surface area contributed by atoms with Crippen LogP contribution in [0.1, 0.15) is 0 Å². The standard InChI is InChI=1S/C16H14ClFN2O3S/c17-11-7-10(18)5-6-13(11)23-8-16(22)20-12-3-1-2-4-14(12)24-9-15(19)21/h1-7H,8-9H2,(H2,19,21)(H,20,22). The Morgan fingerprint density at radius 3 is 2.71 bits per heavy atom. The number of benzene rings is 2. The predicted molar refractivity (Wildman–Crippen MR) is 91.9 cm³/mol. The van der Waals surface area contributed by atoms with E-state index >= 15 is 0 Å². The van der Waals surface area contributed by atoms with Crippen molar-refractivity contribution >= 4 is 40.9 Å². The first-order chi connectivity index (χ1) is 11.5. The Balaban J connectivity index is 1.96. The molecule has 0 saturated heterocycles. The first-order valence-electron chi connectivity index (χ1n) is 6.83. The van der Waals surface area contributed by atoms with Gasteiger partial charge in [-0.25, -0.2) is 4.39 Å². The number of thioether (sulfide) groups is 1. The van der Waals surface area contributed by atoms with Crippen LogP contribution in [0.5, 0.6) is 5.75 Å². The van der Waals surface area contributed by atoms with Crippen LogP contribution >= 0.6 is 23.4 Å². The van der Waals surface area contributed by atoms with Crippen LogP contribution in [0, 0.1) is 5.82 Å². The van der Waals surface area contributed by atoms with Crippen molar-refractivity contribution in [2.24, 2.45) is 5.73 Å². The van der Waals surface area contributed by atoms with E-state index < -0.39 is 17.6 Å². The van der Waals surface area contributed by atoms with Crippen molar-refractivity contribution < 1.29 is 18.7 Å². The largest absolute Gasteiger partial charge is 0.482 e. The van der Waals surface area contributed by atoms with Gasteiger partial charge in [0.2, 0.25) is 5.91 Å². The van der Waals surface area contributed by atoms with Gasteiger partial charge >= 0.3 is 0 Å². The Bertz CT molecular complexity index is 758. The van der Waals surface area contributed by atoms with Crippen LogP contribution in [-0.4, -0.2) is 24.2 Å². The third kappa shape index (κ3) is 5.43. The molecule has 0 heterocycles. The highest BCUT2D eigenvalue weighted by atomic mass is 35.5. The molecular weight excluding hydrogens is 355 g/mol. The zero-order valence-electron chi connectivity index (χ0n) is 12.4. The SMILES string of the molecule is NC(=O)CSc1ccccc1NC(=O)COc1ccc(F)cc1Cl. The summed E-state index contributed by atoms with van der Waals surface area (Å²) in [6.07, 6.45) is 0. The van der Waals surface area contributed by atoms with Gasteiger partial charge in [-0.05, 0) is 30.3 Å². The van der Waals surface area contributed by atoms with E-state index in [1.165, 1.54) is 23.9 Å². The number of carbonyl (C=O) groups is 2. The zero-order valence-corrected chi connectivity index (χ0v) is 14.0. The zero-order chi connectivity index (χ0) is 17.5. The molecule has 0 fully saturated rings. The first kappa shape index (κ1) is 18.1. The number of carbonyl (C=O) groups excluding carboxylic acids is 2. The summed E-state index contributed by atoms with van der Waals surface area (Å²) < 4.78 is 18.2. The molecule has 3 N–H and O–H groups in total. The number of amides is 2. The van der Waals surface area contributed by atoms with Gasteiger partial charge in [0.15, 0.2) is 6.61 Å². The average Bonchev–Trinajstić information content (AvgIpc) is 2.53. The Hall–Kier alpha value is -2.25. The summed E-state index contributed by atoms with van der Waals surface area (Å²) in [7, 11) is 0. The molecule has 8 heteroatoms. The summed E-state index contributed by atoms with van der Waals surface area (Å²) in [4.78, 5) is 23.6. The second-order valence-electron chi connectivity index (χ2n) is 4.66. The Labute approximate surface area is 147 Å². The smallest absolute Gasteiger partial charge is 0.262 e. The minimum atomic E-state index is -0.489. The summed E-state index contributed by atoms with van der Waals surface area (Å²) in [6, 6.07) is 10.6. The minimum Gasteiger partial charge on any atom is -0.482 e. The minimum absolute atomic E-state index is 0.0835. The average molecular weight is 369 g/mol. The number of hydrogen-bond donors (Lipinski definition) is 2. The molecule has 2 aromatic carbocycles. The van der Waals surface area contributed by atoms with E-state index in [9.17, 15) is 14.0 Å². The van der Waals surface area contributed by atoms with Gasteiger partial charge in [-0.2, -0.15) is 0 Å². The van der Waals surface area contributed by atoms with Crippen LogP contribution < -0.4 is 15.8 Å². The number of nitrogens with two attached hydrogens (primary N) is 1. The van der Waals surface area contributed by atoms with Crippen molar-refractivity contribution in [2.45, 2.75) is 4.90 Å². The quantitative estimate of drug-likeness (QED) is 0.736. The van der Waals surface area contributed by atoms with Crippen LogP contribution in [0.4, 0.5) is 10.1 Å². The molecule has 0 aliphatic carbocycles. The van der Waals surface area contributed by atoms with Gasteiger partial charge in [0.05, 0.1) is 16.5 Å². The highest BCUT2D eigenvalue weighted by molar-refractivity contribution is 8.00. The molecule has 0 saturated carbocycles. The van der Waals surface area contributed by atoms with Crippen molar-refractivity contribution in [3.63, 3.8) is 0 Å². The third-order valence-electron chi connectivity index (χ3n) is 2.78. The van der Waals surface area contributed by atoms with E-state index in [1.54, 1.807) is 24.3 Å². The Kier molecular flexibility index (Phi) is 6.45. The highest BCUT2D eigenvalue weighted by Crippen LogP contribution is 2.27. The number of para-hydroxylation sites is 1. The summed E-state index contributed by atoms with van der Waals surface area (Å²) in [5, 5.41) is 2.76. The monoisotopic (exact) mass is 368 g/mol. The number of anilines is 1. The lowest BCUT2D eigenvalue weighted by molar-refractivity contribution is -0.118. The number of halogens is 2. The van der Waals surface area contributed by atoms with Gasteiger partial charge in [0.1, 0.15) is 11.6 Å². The fraction of sp³-hybridized carbons (Fsp3) is 0.125. The van der Waals surface area contributed by atoms with E-state index in [2.05, 4.69) is 5.32 Å². The van der Waals surface area contributed by atoms with Crippen molar-refractivity contribution in [3.8, 4) is 5.75 Å². The number of ether oxygens (including phenoxy) is 1. The molecule has 0 radical (unpaired) electrons. The predicted octanol–water partition coefficient (Wildman–Crippen LogP) is 3.07. The first-order valence-corrected chi connectivity index (χ1v) is 8.20. The van der Waals surface area contributed by atoms with Gasteiger partial charge in [-0.15, -0.1) is 11.8 Å². The number of primary amides is 1. The third-order valence-corrected chi connectivity index (χ3v) is 4.17. The normalized spacial score (nSPS) is 10.2. The van der Waals surface area contributed by atoms with Crippen molar-refractivity contribution in [1.29, 1.82) is 0 Å². The number of nitrogens with one attached hydrogen (secondary N) is 1. The summed E-state index contributed by atoms with van der Waals surface area (Å²) >= 11 is 7.05. The van der Waals surface area contributed by atoms with E-state index in [0.29, 0.717) is 10.6 Å². The number of hydrogen-bond acceptors (Lipinski definition) is 4. The maximum absolute atomic E-state index is 13.0. The van der Waals surface area contributed by atoms with Crippen LogP contribution in [0.25, 0.3) is 0 Å². The summed E-state index contributed by atoms with van der Waals surface area (Å²) in [5.41, 5.74) is 5.67. The molecule has 126 valence electrons. The molecule has 2 amide bonds. The molecule has 0 aromatic heterocycles. The topological polar surface area (TPSA) is 81.4 Å². The lowest BCUT2D eigenvalue weighted by Crippen LogP contribution is -2.20. The number of rotatable bonds is 7. The van der Waals surface area contributed by atoms with Crippen LogP contribution in [0.2, 0.25) is 5.02 Å². The molecule has 5 nitrogen and oxygen atoms in total. The van der Waals surface area contributed by atoms with Gasteiger partial charge in [-0.1, -0.05) is 23.7 Å². The molecule has 0 atom stereocenters.